The van der Waals surface area contributed by atoms with E-state index in [1.165, 1.54) is 0 Å². The van der Waals surface area contributed by atoms with Gasteiger partial charge in [0.15, 0.2) is 6.04 Å². The topological polar surface area (TPSA) is 146 Å². The highest BCUT2D eigenvalue weighted by molar-refractivity contribution is 5.91. The molecule has 0 aliphatic heterocycles. The summed E-state index contributed by atoms with van der Waals surface area (Å²) in [5, 5.41) is 25.1. The average molecular weight is 331 g/mol. The molecule has 4 unspecified atom stereocenters. The fourth-order valence-electron chi connectivity index (χ4n) is 2.00. The summed E-state index contributed by atoms with van der Waals surface area (Å²) in [6, 6.07) is -2.89. The Morgan fingerprint density at radius 2 is 1.70 bits per heavy atom. The van der Waals surface area contributed by atoms with Crippen molar-refractivity contribution in [1.29, 1.82) is 0 Å². The molecule has 0 rings (SSSR count). The Morgan fingerprint density at radius 3 is 2.09 bits per heavy atom. The average Bonchev–Trinajstić information content (AvgIpc) is 2.48. The zero-order valence-corrected chi connectivity index (χ0v) is 14.3. The maximum absolute atomic E-state index is 12.4. The van der Waals surface area contributed by atoms with Crippen LogP contribution in [0.3, 0.4) is 0 Å². The Bertz CT molecular complexity index is 414. The van der Waals surface area contributed by atoms with E-state index in [2.05, 4.69) is 16.4 Å². The summed E-state index contributed by atoms with van der Waals surface area (Å²) in [5.74, 6) is -2.67. The van der Waals surface area contributed by atoms with Crippen LogP contribution in [0.2, 0.25) is 0 Å². The van der Waals surface area contributed by atoms with Crippen molar-refractivity contribution >= 4 is 17.8 Å². The molecule has 6 N–H and O–H groups in total. The van der Waals surface area contributed by atoms with E-state index >= 15 is 0 Å². The number of amides is 2. The van der Waals surface area contributed by atoms with Crippen molar-refractivity contribution < 1.29 is 30.3 Å². The first-order chi connectivity index (χ1) is 10.6. The van der Waals surface area contributed by atoms with Gasteiger partial charge in [-0.1, -0.05) is 34.1 Å². The second-order valence-corrected chi connectivity index (χ2v) is 6.26. The monoisotopic (exact) mass is 331 g/mol. The van der Waals surface area contributed by atoms with Crippen molar-refractivity contribution in [2.24, 2.45) is 11.8 Å². The minimum Gasteiger partial charge on any atom is -0.548 e. The molecule has 0 saturated carbocycles. The van der Waals surface area contributed by atoms with Crippen LogP contribution >= 0.6 is 0 Å². The van der Waals surface area contributed by atoms with Crippen LogP contribution in [-0.2, 0) is 14.4 Å². The van der Waals surface area contributed by atoms with Gasteiger partial charge in [-0.15, -0.1) is 0 Å². The predicted octanol–water partition coefficient (Wildman–Crippen LogP) is -2.60. The van der Waals surface area contributed by atoms with Crippen LogP contribution in [0, 0.1) is 11.8 Å². The van der Waals surface area contributed by atoms with Crippen LogP contribution < -0.4 is 21.5 Å². The predicted molar refractivity (Wildman–Crippen MR) is 81.5 cm³/mol. The molecule has 2 amide bonds. The maximum atomic E-state index is 12.4. The summed E-state index contributed by atoms with van der Waals surface area (Å²) in [4.78, 5) is 35.4. The Morgan fingerprint density at radius 1 is 1.13 bits per heavy atom. The fourth-order valence-corrected chi connectivity index (χ4v) is 2.00. The molecule has 134 valence electrons. The third-order valence-electron chi connectivity index (χ3n) is 3.70. The van der Waals surface area contributed by atoms with E-state index in [-0.39, 0.29) is 11.8 Å². The fraction of sp³-hybridized carbons (Fsp3) is 0.800. The quantitative estimate of drug-likeness (QED) is 0.347. The van der Waals surface area contributed by atoms with E-state index < -0.39 is 42.5 Å². The van der Waals surface area contributed by atoms with Crippen molar-refractivity contribution in [3.05, 3.63) is 0 Å². The smallest absolute Gasteiger partial charge is 0.281 e. The van der Waals surface area contributed by atoms with Gasteiger partial charge in [-0.05, 0) is 18.3 Å². The van der Waals surface area contributed by atoms with Crippen molar-refractivity contribution in [3.8, 4) is 0 Å². The normalized spacial score (nSPS) is 16.3. The van der Waals surface area contributed by atoms with Gasteiger partial charge >= 0.3 is 0 Å². The van der Waals surface area contributed by atoms with Crippen LogP contribution in [0.15, 0.2) is 0 Å². The van der Waals surface area contributed by atoms with Gasteiger partial charge in [0.1, 0.15) is 12.6 Å². The highest BCUT2D eigenvalue weighted by Gasteiger charge is 2.28. The van der Waals surface area contributed by atoms with E-state index in [0.717, 1.165) is 0 Å². The SMILES string of the molecule is CCC(C)C(NC(=O)C(CC(C)C)NC(=O)C([NH3+])CO)C(=O)[O-]. The van der Waals surface area contributed by atoms with Gasteiger partial charge in [-0.25, -0.2) is 0 Å². The number of hydrogen-bond acceptors (Lipinski definition) is 5. The van der Waals surface area contributed by atoms with Crippen LogP contribution in [0.25, 0.3) is 0 Å². The number of carboxylic acid groups (broad SMARTS) is 1. The summed E-state index contributed by atoms with van der Waals surface area (Å²) in [5.41, 5.74) is 3.48. The van der Waals surface area contributed by atoms with Crippen molar-refractivity contribution in [3.63, 3.8) is 0 Å². The van der Waals surface area contributed by atoms with Gasteiger partial charge in [0, 0.05) is 0 Å². The Balaban J connectivity index is 5.05. The number of aliphatic hydroxyl groups excluding tert-OH is 1. The lowest BCUT2D eigenvalue weighted by Crippen LogP contribution is -2.70. The van der Waals surface area contributed by atoms with E-state index in [0.29, 0.717) is 12.8 Å². The molecule has 0 bridgehead atoms. The first kappa shape index (κ1) is 21.3. The second kappa shape index (κ2) is 10.2. The number of quaternary nitrogens is 1. The molecule has 4 atom stereocenters. The zero-order chi connectivity index (χ0) is 18.2. The lowest BCUT2D eigenvalue weighted by atomic mass is 9.97. The summed E-state index contributed by atoms with van der Waals surface area (Å²) in [7, 11) is 0. The molecule has 0 heterocycles. The molecular formula is C15H29N3O5. The minimum atomic E-state index is -1.35. The maximum Gasteiger partial charge on any atom is 0.281 e. The molecule has 0 radical (unpaired) electrons. The second-order valence-electron chi connectivity index (χ2n) is 6.26. The molecule has 0 aromatic carbocycles. The van der Waals surface area contributed by atoms with E-state index in [9.17, 15) is 19.5 Å². The number of carbonyl (C=O) groups excluding carboxylic acids is 3. The largest absolute Gasteiger partial charge is 0.548 e. The minimum absolute atomic E-state index is 0.105. The highest BCUT2D eigenvalue weighted by atomic mass is 16.4. The third kappa shape index (κ3) is 7.43. The Kier molecular flexibility index (Phi) is 9.43. The standard InChI is InChI=1S/C15H29N3O5/c1-5-9(4)12(15(22)23)18-14(21)11(6-8(2)3)17-13(20)10(16)7-19/h8-12,19H,5-7,16H2,1-4H3,(H,17,20)(H,18,21)(H,22,23). The van der Waals surface area contributed by atoms with Gasteiger partial charge in [0.2, 0.25) is 5.91 Å². The van der Waals surface area contributed by atoms with Crippen molar-refractivity contribution in [2.45, 2.75) is 58.7 Å². The first-order valence-corrected chi connectivity index (χ1v) is 7.89. The van der Waals surface area contributed by atoms with Gasteiger partial charge in [-0.3, -0.25) is 9.59 Å². The van der Waals surface area contributed by atoms with Crippen LogP contribution in [-0.4, -0.2) is 47.6 Å². The lowest BCUT2D eigenvalue weighted by molar-refractivity contribution is -0.409. The molecule has 0 aromatic heterocycles. The lowest BCUT2D eigenvalue weighted by Gasteiger charge is -2.28. The molecule has 0 fully saturated rings. The number of carbonyl (C=O) groups is 3. The molecule has 8 heteroatoms. The van der Waals surface area contributed by atoms with Gasteiger partial charge in [0.05, 0.1) is 12.0 Å². The van der Waals surface area contributed by atoms with Gasteiger partial charge < -0.3 is 31.4 Å². The molecule has 0 saturated heterocycles. The number of nitrogens with one attached hydrogen (secondary N) is 2. The number of hydrogen-bond donors (Lipinski definition) is 4. The Hall–Kier alpha value is -1.67. The molecule has 0 aliphatic carbocycles. The summed E-state index contributed by atoms with van der Waals surface area (Å²) in [6.45, 7) is 6.84. The molecule has 0 spiro atoms. The number of aliphatic carboxylic acids is 1. The Labute approximate surface area is 136 Å². The first-order valence-electron chi connectivity index (χ1n) is 7.89. The molecule has 23 heavy (non-hydrogen) atoms. The number of rotatable bonds is 10. The van der Waals surface area contributed by atoms with Crippen LogP contribution in [0.4, 0.5) is 0 Å². The summed E-state index contributed by atoms with van der Waals surface area (Å²) >= 11 is 0. The number of carboxylic acids is 1. The third-order valence-corrected chi connectivity index (χ3v) is 3.70. The number of aliphatic hydroxyl groups is 1. The molecule has 8 nitrogen and oxygen atoms in total. The van der Waals surface area contributed by atoms with E-state index in [4.69, 9.17) is 5.11 Å². The van der Waals surface area contributed by atoms with Crippen LogP contribution in [0.1, 0.15) is 40.5 Å². The van der Waals surface area contributed by atoms with Crippen molar-refractivity contribution in [1.82, 2.24) is 10.6 Å². The van der Waals surface area contributed by atoms with Gasteiger partial charge in [-0.2, -0.15) is 0 Å². The summed E-state index contributed by atoms with van der Waals surface area (Å²) in [6.07, 6.45) is 0.904. The van der Waals surface area contributed by atoms with Crippen molar-refractivity contribution in [2.75, 3.05) is 6.61 Å². The van der Waals surface area contributed by atoms with E-state index in [1.54, 1.807) is 6.92 Å². The molecular weight excluding hydrogens is 302 g/mol. The molecule has 0 aromatic rings. The van der Waals surface area contributed by atoms with E-state index in [1.807, 2.05) is 20.8 Å². The molecule has 0 aliphatic rings. The van der Waals surface area contributed by atoms with Gasteiger partial charge in [0.25, 0.3) is 5.91 Å². The zero-order valence-electron chi connectivity index (χ0n) is 14.3. The van der Waals surface area contributed by atoms with Crippen LogP contribution in [0.5, 0.6) is 0 Å². The highest BCUT2D eigenvalue weighted by Crippen LogP contribution is 2.10. The summed E-state index contributed by atoms with van der Waals surface area (Å²) < 4.78 is 0.